The largest absolute Gasteiger partial charge is 0.459 e. The Balaban J connectivity index is 1.63. The smallest absolute Gasteiger partial charge is 0.293 e. The summed E-state index contributed by atoms with van der Waals surface area (Å²) in [5.41, 5.74) is 4.89. The van der Waals surface area contributed by atoms with Crippen molar-refractivity contribution in [2.24, 2.45) is 0 Å². The van der Waals surface area contributed by atoms with Gasteiger partial charge in [-0.05, 0) is 92.3 Å². The zero-order valence-electron chi connectivity index (χ0n) is 17.2. The molecule has 1 N–H and O–H groups in total. The number of carbonyl (C=O) groups is 1. The maximum atomic E-state index is 13.0. The lowest BCUT2D eigenvalue weighted by molar-refractivity contribution is 0.0958. The van der Waals surface area contributed by atoms with E-state index in [0.29, 0.717) is 17.8 Å². The first-order valence-corrected chi connectivity index (χ1v) is 11.3. The molecule has 0 radical (unpaired) electrons. The normalized spacial score (nSPS) is 13.8. The Morgan fingerprint density at radius 1 is 1.03 bits per heavy atom. The lowest BCUT2D eigenvalue weighted by Crippen LogP contribution is -2.35. The van der Waals surface area contributed by atoms with Crippen LogP contribution < -0.4 is 9.62 Å². The summed E-state index contributed by atoms with van der Waals surface area (Å²) in [5, 5.41) is 0. The Bertz CT molecular complexity index is 1210. The molecule has 0 saturated heterocycles. The molecule has 1 aliphatic rings. The molecule has 30 heavy (non-hydrogen) atoms. The molecular formula is C23H24N2O4S. The van der Waals surface area contributed by atoms with Gasteiger partial charge in [-0.2, -0.15) is 0 Å². The zero-order valence-corrected chi connectivity index (χ0v) is 18.0. The standard InChI is InChI=1S/C23H24N2O4S/c1-15-12-17(3)22(13-16(15)2)30(27,28)24-19-8-9-20-18(14-19)6-4-10-25(20)23(26)21-7-5-11-29-21/h5,7-9,11-14,24H,4,6,10H2,1-3H3. The van der Waals surface area contributed by atoms with E-state index in [2.05, 4.69) is 4.72 Å². The summed E-state index contributed by atoms with van der Waals surface area (Å²) in [6, 6.07) is 12.2. The summed E-state index contributed by atoms with van der Waals surface area (Å²) in [5.74, 6) is 0.0953. The molecular weight excluding hydrogens is 400 g/mol. The van der Waals surface area contributed by atoms with E-state index in [-0.39, 0.29) is 16.6 Å². The highest BCUT2D eigenvalue weighted by molar-refractivity contribution is 7.92. The Labute approximate surface area is 176 Å². The fourth-order valence-electron chi connectivity index (χ4n) is 3.84. The second-order valence-corrected chi connectivity index (χ2v) is 9.34. The van der Waals surface area contributed by atoms with Crippen LogP contribution in [0.25, 0.3) is 0 Å². The van der Waals surface area contributed by atoms with Crippen molar-refractivity contribution >= 4 is 27.3 Å². The van der Waals surface area contributed by atoms with Gasteiger partial charge in [0.25, 0.3) is 15.9 Å². The number of furan rings is 1. The summed E-state index contributed by atoms with van der Waals surface area (Å²) in [6.07, 6.45) is 3.05. The molecule has 1 amide bonds. The third-order valence-corrected chi connectivity index (χ3v) is 7.03. The maximum absolute atomic E-state index is 13.0. The van der Waals surface area contributed by atoms with Crippen LogP contribution in [0.3, 0.4) is 0 Å². The molecule has 1 aromatic heterocycles. The minimum atomic E-state index is -3.72. The topological polar surface area (TPSA) is 79.6 Å². The van der Waals surface area contributed by atoms with Crippen molar-refractivity contribution in [1.82, 2.24) is 0 Å². The number of sulfonamides is 1. The molecule has 0 atom stereocenters. The molecule has 0 aliphatic carbocycles. The molecule has 0 saturated carbocycles. The number of anilines is 2. The molecule has 0 spiro atoms. The molecule has 6 nitrogen and oxygen atoms in total. The molecule has 4 rings (SSSR count). The molecule has 0 bridgehead atoms. The second kappa shape index (κ2) is 7.65. The predicted octanol–water partition coefficient (Wildman–Crippen LogP) is 4.60. The number of carbonyl (C=O) groups excluding carboxylic acids is 1. The third kappa shape index (κ3) is 3.73. The van der Waals surface area contributed by atoms with Crippen molar-refractivity contribution in [3.05, 3.63) is 76.7 Å². The van der Waals surface area contributed by atoms with Gasteiger partial charge in [-0.15, -0.1) is 0 Å². The number of rotatable bonds is 4. The Hall–Kier alpha value is -3.06. The minimum Gasteiger partial charge on any atom is -0.459 e. The van der Waals surface area contributed by atoms with Crippen LogP contribution in [0.1, 0.15) is 39.2 Å². The molecule has 2 heterocycles. The monoisotopic (exact) mass is 424 g/mol. The van der Waals surface area contributed by atoms with Gasteiger partial charge in [0.05, 0.1) is 11.2 Å². The van der Waals surface area contributed by atoms with Crippen LogP contribution in [-0.2, 0) is 16.4 Å². The van der Waals surface area contributed by atoms with Gasteiger partial charge in [0, 0.05) is 17.9 Å². The van der Waals surface area contributed by atoms with Crippen LogP contribution in [0.5, 0.6) is 0 Å². The van der Waals surface area contributed by atoms with Crippen LogP contribution in [0.15, 0.2) is 58.0 Å². The number of nitrogens with one attached hydrogen (secondary N) is 1. The van der Waals surface area contributed by atoms with E-state index in [0.717, 1.165) is 35.2 Å². The lowest BCUT2D eigenvalue weighted by atomic mass is 10.0. The Kier molecular flexibility index (Phi) is 5.15. The van der Waals surface area contributed by atoms with E-state index in [4.69, 9.17) is 4.42 Å². The van der Waals surface area contributed by atoms with Crippen LogP contribution >= 0.6 is 0 Å². The van der Waals surface area contributed by atoms with Gasteiger partial charge >= 0.3 is 0 Å². The molecule has 0 unspecified atom stereocenters. The fourth-order valence-corrected chi connectivity index (χ4v) is 5.20. The van der Waals surface area contributed by atoms with Gasteiger partial charge < -0.3 is 9.32 Å². The Morgan fingerprint density at radius 2 is 1.80 bits per heavy atom. The van der Waals surface area contributed by atoms with Gasteiger partial charge in [0.2, 0.25) is 0 Å². The second-order valence-electron chi connectivity index (χ2n) is 7.69. The van der Waals surface area contributed by atoms with Gasteiger partial charge in [-0.3, -0.25) is 9.52 Å². The van der Waals surface area contributed by atoms with Gasteiger partial charge in [0.15, 0.2) is 5.76 Å². The van der Waals surface area contributed by atoms with Crippen LogP contribution in [0.2, 0.25) is 0 Å². The highest BCUT2D eigenvalue weighted by Crippen LogP contribution is 2.32. The van der Waals surface area contributed by atoms with Crippen molar-refractivity contribution < 1.29 is 17.6 Å². The van der Waals surface area contributed by atoms with E-state index < -0.39 is 10.0 Å². The molecule has 0 fully saturated rings. The highest BCUT2D eigenvalue weighted by atomic mass is 32.2. The van der Waals surface area contributed by atoms with Gasteiger partial charge in [0.1, 0.15) is 0 Å². The number of benzene rings is 2. The summed E-state index contributed by atoms with van der Waals surface area (Å²) in [4.78, 5) is 14.7. The number of amides is 1. The van der Waals surface area contributed by atoms with E-state index in [1.54, 1.807) is 42.2 Å². The van der Waals surface area contributed by atoms with E-state index in [9.17, 15) is 13.2 Å². The maximum Gasteiger partial charge on any atom is 0.293 e. The molecule has 2 aromatic carbocycles. The number of nitrogens with zero attached hydrogens (tertiary/aromatic N) is 1. The summed E-state index contributed by atoms with van der Waals surface area (Å²) >= 11 is 0. The third-order valence-electron chi connectivity index (χ3n) is 5.51. The average molecular weight is 425 g/mol. The average Bonchev–Trinajstić information content (AvgIpc) is 3.24. The molecule has 156 valence electrons. The summed E-state index contributed by atoms with van der Waals surface area (Å²) in [6.45, 7) is 6.26. The van der Waals surface area contributed by atoms with Crippen LogP contribution in [-0.4, -0.2) is 20.9 Å². The Morgan fingerprint density at radius 3 is 2.53 bits per heavy atom. The first-order chi connectivity index (χ1) is 14.3. The van der Waals surface area contributed by atoms with Crippen LogP contribution in [0.4, 0.5) is 11.4 Å². The molecule has 1 aliphatic heterocycles. The van der Waals surface area contributed by atoms with E-state index in [1.807, 2.05) is 26.0 Å². The van der Waals surface area contributed by atoms with Crippen LogP contribution in [0, 0.1) is 20.8 Å². The van der Waals surface area contributed by atoms with E-state index >= 15 is 0 Å². The highest BCUT2D eigenvalue weighted by Gasteiger charge is 2.26. The van der Waals surface area contributed by atoms with Crippen molar-refractivity contribution in [3.63, 3.8) is 0 Å². The quantitative estimate of drug-likeness (QED) is 0.664. The summed E-state index contributed by atoms with van der Waals surface area (Å²) in [7, 11) is -3.72. The number of fused-ring (bicyclic) bond motifs is 1. The van der Waals surface area contributed by atoms with Crippen molar-refractivity contribution in [1.29, 1.82) is 0 Å². The van der Waals surface area contributed by atoms with Crippen molar-refractivity contribution in [2.75, 3.05) is 16.2 Å². The van der Waals surface area contributed by atoms with E-state index in [1.165, 1.54) is 6.26 Å². The molecule has 3 aromatic rings. The number of aryl methyl sites for hydroxylation is 4. The van der Waals surface area contributed by atoms with Crippen molar-refractivity contribution in [2.45, 2.75) is 38.5 Å². The SMILES string of the molecule is Cc1cc(C)c(S(=O)(=O)Nc2ccc3c(c2)CCCN3C(=O)c2ccco2)cc1C. The fraction of sp³-hybridized carbons (Fsp3) is 0.261. The first kappa shape index (κ1) is 20.2. The lowest BCUT2D eigenvalue weighted by Gasteiger charge is -2.29. The first-order valence-electron chi connectivity index (χ1n) is 9.85. The summed E-state index contributed by atoms with van der Waals surface area (Å²) < 4.78 is 33.9. The van der Waals surface area contributed by atoms with Gasteiger partial charge in [-0.25, -0.2) is 8.42 Å². The van der Waals surface area contributed by atoms with Crippen molar-refractivity contribution in [3.8, 4) is 0 Å². The number of hydrogen-bond acceptors (Lipinski definition) is 4. The molecule has 7 heteroatoms. The zero-order chi connectivity index (χ0) is 21.5. The number of hydrogen-bond donors (Lipinski definition) is 1. The predicted molar refractivity (Wildman–Crippen MR) is 117 cm³/mol. The minimum absolute atomic E-state index is 0.194. The van der Waals surface area contributed by atoms with Gasteiger partial charge in [-0.1, -0.05) is 6.07 Å².